The van der Waals surface area contributed by atoms with Crippen molar-refractivity contribution in [1.82, 2.24) is 10.6 Å². The summed E-state index contributed by atoms with van der Waals surface area (Å²) >= 11 is 0. The second-order valence-corrected chi connectivity index (χ2v) is 7.74. The van der Waals surface area contributed by atoms with Crippen molar-refractivity contribution in [3.05, 3.63) is 28.3 Å². The minimum atomic E-state index is -4.03. The Kier molecular flexibility index (Phi) is 6.89. The average molecular weight is 385 g/mol. The zero-order chi connectivity index (χ0) is 19.2. The third kappa shape index (κ3) is 5.93. The number of hydrogen-bond donors (Lipinski definition) is 4. The Hall–Kier alpha value is -2.24. The molecule has 0 aliphatic carbocycles. The van der Waals surface area contributed by atoms with Crippen LogP contribution in [0.1, 0.15) is 19.3 Å². The molecule has 1 aromatic rings. The molecule has 0 radical (unpaired) electrons. The molecular weight excluding hydrogens is 362 g/mol. The summed E-state index contributed by atoms with van der Waals surface area (Å²) in [4.78, 5) is 22.0. The molecule has 0 aromatic heterocycles. The van der Waals surface area contributed by atoms with Crippen molar-refractivity contribution in [2.24, 2.45) is 11.1 Å². The van der Waals surface area contributed by atoms with Gasteiger partial charge in [0.05, 0.1) is 9.82 Å². The van der Waals surface area contributed by atoms with Gasteiger partial charge in [-0.15, -0.1) is 0 Å². The molecular formula is C15H23N5O5S. The standard InChI is InChI=1S/C15H23N5O5S/c16-26(24,25)12-3-4-13(14(8-12)20(22)23)18-7-5-15(21)19-10-11-2-1-6-17-9-11/h3-4,8,11,17-18H,1-2,5-7,9-10H2,(H,19,21)(H2,16,24,25). The molecule has 1 heterocycles. The van der Waals surface area contributed by atoms with Crippen molar-refractivity contribution >= 4 is 27.3 Å². The van der Waals surface area contributed by atoms with E-state index in [0.717, 1.165) is 32.0 Å². The molecule has 10 nitrogen and oxygen atoms in total. The van der Waals surface area contributed by atoms with Crippen LogP contribution in [0.15, 0.2) is 23.1 Å². The fourth-order valence-corrected chi connectivity index (χ4v) is 3.28. The summed E-state index contributed by atoms with van der Waals surface area (Å²) < 4.78 is 22.6. The van der Waals surface area contributed by atoms with Crippen LogP contribution in [0.5, 0.6) is 0 Å². The monoisotopic (exact) mass is 385 g/mol. The first-order chi connectivity index (χ1) is 12.3. The predicted octanol–water partition coefficient (Wildman–Crippen LogP) is 0.160. The molecule has 1 saturated heterocycles. The molecule has 144 valence electrons. The maximum atomic E-state index is 11.9. The van der Waals surface area contributed by atoms with Crippen molar-refractivity contribution in [2.75, 3.05) is 31.5 Å². The molecule has 1 amide bonds. The summed E-state index contributed by atoms with van der Waals surface area (Å²) in [6.45, 7) is 2.69. The third-order valence-corrected chi connectivity index (χ3v) is 5.06. The number of primary sulfonamides is 1. The molecule has 1 fully saturated rings. The van der Waals surface area contributed by atoms with Crippen molar-refractivity contribution in [1.29, 1.82) is 0 Å². The van der Waals surface area contributed by atoms with Gasteiger partial charge in [0.25, 0.3) is 5.69 Å². The van der Waals surface area contributed by atoms with Crippen molar-refractivity contribution in [3.63, 3.8) is 0 Å². The maximum absolute atomic E-state index is 11.9. The van der Waals surface area contributed by atoms with Gasteiger partial charge in [-0.1, -0.05) is 0 Å². The number of benzene rings is 1. The molecule has 1 aliphatic rings. The highest BCUT2D eigenvalue weighted by Crippen LogP contribution is 2.27. The summed E-state index contributed by atoms with van der Waals surface area (Å²) in [6, 6.07) is 3.35. The normalized spacial score (nSPS) is 17.5. The molecule has 11 heteroatoms. The number of hydrogen-bond acceptors (Lipinski definition) is 7. The second kappa shape index (κ2) is 8.92. The van der Waals surface area contributed by atoms with Gasteiger partial charge < -0.3 is 16.0 Å². The molecule has 0 bridgehead atoms. The zero-order valence-electron chi connectivity index (χ0n) is 14.2. The highest BCUT2D eigenvalue weighted by atomic mass is 32.2. The Morgan fingerprint density at radius 2 is 2.19 bits per heavy atom. The minimum absolute atomic E-state index is 0.131. The van der Waals surface area contributed by atoms with E-state index in [2.05, 4.69) is 16.0 Å². The van der Waals surface area contributed by atoms with Crippen LogP contribution in [0.25, 0.3) is 0 Å². The second-order valence-electron chi connectivity index (χ2n) is 6.17. The van der Waals surface area contributed by atoms with E-state index in [1.54, 1.807) is 0 Å². The number of sulfonamides is 1. The fourth-order valence-electron chi connectivity index (χ4n) is 2.74. The lowest BCUT2D eigenvalue weighted by atomic mass is 10.00. The summed E-state index contributed by atoms with van der Waals surface area (Å²) in [5.41, 5.74) is -0.281. The zero-order valence-corrected chi connectivity index (χ0v) is 15.0. The van der Waals surface area contributed by atoms with E-state index in [9.17, 15) is 23.3 Å². The van der Waals surface area contributed by atoms with E-state index in [1.807, 2.05) is 0 Å². The number of anilines is 1. The molecule has 1 aromatic carbocycles. The topological polar surface area (TPSA) is 156 Å². The van der Waals surface area contributed by atoms with Gasteiger partial charge >= 0.3 is 0 Å². The van der Waals surface area contributed by atoms with Crippen LogP contribution in [-0.2, 0) is 14.8 Å². The van der Waals surface area contributed by atoms with E-state index >= 15 is 0 Å². The number of nitrogens with two attached hydrogens (primary N) is 1. The molecule has 1 unspecified atom stereocenters. The molecule has 1 atom stereocenters. The van der Waals surface area contributed by atoms with Gasteiger partial charge in [0.2, 0.25) is 15.9 Å². The fraction of sp³-hybridized carbons (Fsp3) is 0.533. The van der Waals surface area contributed by atoms with Crippen LogP contribution in [0.2, 0.25) is 0 Å². The number of carbonyl (C=O) groups excluding carboxylic acids is 1. The van der Waals surface area contributed by atoms with Gasteiger partial charge in [-0.05, 0) is 44.0 Å². The van der Waals surface area contributed by atoms with Gasteiger partial charge in [0.15, 0.2) is 0 Å². The highest BCUT2D eigenvalue weighted by molar-refractivity contribution is 7.89. The smallest absolute Gasteiger partial charge is 0.293 e. The molecule has 0 spiro atoms. The van der Waals surface area contributed by atoms with Crippen LogP contribution < -0.4 is 21.1 Å². The van der Waals surface area contributed by atoms with Crippen LogP contribution in [0.3, 0.4) is 0 Å². The number of nitro groups is 1. The molecule has 5 N–H and O–H groups in total. The summed E-state index contributed by atoms with van der Waals surface area (Å²) in [5, 5.41) is 25.0. The summed E-state index contributed by atoms with van der Waals surface area (Å²) in [6.07, 6.45) is 2.32. The van der Waals surface area contributed by atoms with E-state index in [0.29, 0.717) is 12.5 Å². The number of nitro benzene ring substituents is 1. The molecule has 2 rings (SSSR count). The minimum Gasteiger partial charge on any atom is -0.379 e. The van der Waals surface area contributed by atoms with Crippen molar-refractivity contribution in [3.8, 4) is 0 Å². The number of nitrogens with zero attached hydrogens (tertiary/aromatic N) is 1. The first-order valence-corrected chi connectivity index (χ1v) is 9.84. The largest absolute Gasteiger partial charge is 0.379 e. The Labute approximate surface area is 151 Å². The van der Waals surface area contributed by atoms with Gasteiger partial charge in [-0.2, -0.15) is 0 Å². The summed E-state index contributed by atoms with van der Waals surface area (Å²) in [5.74, 6) is 0.277. The Morgan fingerprint density at radius 3 is 2.81 bits per heavy atom. The van der Waals surface area contributed by atoms with Crippen LogP contribution in [0, 0.1) is 16.0 Å². The van der Waals surface area contributed by atoms with E-state index in [4.69, 9.17) is 5.14 Å². The van der Waals surface area contributed by atoms with Gasteiger partial charge in [0, 0.05) is 25.6 Å². The van der Waals surface area contributed by atoms with Crippen molar-refractivity contribution < 1.29 is 18.1 Å². The van der Waals surface area contributed by atoms with Crippen LogP contribution >= 0.6 is 0 Å². The number of carbonyl (C=O) groups is 1. The quantitative estimate of drug-likeness (QED) is 0.367. The maximum Gasteiger partial charge on any atom is 0.293 e. The Bertz CT molecular complexity index is 762. The lowest BCUT2D eigenvalue weighted by Gasteiger charge is -2.22. The number of rotatable bonds is 8. The van der Waals surface area contributed by atoms with E-state index in [-0.39, 0.29) is 29.5 Å². The molecule has 0 saturated carbocycles. The lowest BCUT2D eigenvalue weighted by Crippen LogP contribution is -2.38. The first-order valence-electron chi connectivity index (χ1n) is 8.30. The highest BCUT2D eigenvalue weighted by Gasteiger charge is 2.19. The number of piperidine rings is 1. The SMILES string of the molecule is NS(=O)(=O)c1ccc(NCCC(=O)NCC2CCCNC2)c([N+](=O)[O-])c1. The van der Waals surface area contributed by atoms with E-state index in [1.165, 1.54) is 12.1 Å². The van der Waals surface area contributed by atoms with Crippen LogP contribution in [-0.4, -0.2) is 45.4 Å². The lowest BCUT2D eigenvalue weighted by molar-refractivity contribution is -0.384. The van der Waals surface area contributed by atoms with E-state index < -0.39 is 20.6 Å². The van der Waals surface area contributed by atoms with Gasteiger partial charge in [-0.25, -0.2) is 13.6 Å². The third-order valence-electron chi connectivity index (χ3n) is 4.15. The summed E-state index contributed by atoms with van der Waals surface area (Å²) in [7, 11) is -4.03. The van der Waals surface area contributed by atoms with Gasteiger partial charge in [-0.3, -0.25) is 14.9 Å². The molecule has 26 heavy (non-hydrogen) atoms. The van der Waals surface area contributed by atoms with Crippen LogP contribution in [0.4, 0.5) is 11.4 Å². The Balaban J connectivity index is 1.86. The number of nitrogens with one attached hydrogen (secondary N) is 3. The predicted molar refractivity (Wildman–Crippen MR) is 96.2 cm³/mol. The molecule has 1 aliphatic heterocycles. The van der Waals surface area contributed by atoms with Crippen molar-refractivity contribution in [2.45, 2.75) is 24.2 Å². The first kappa shape index (κ1) is 20.1. The Morgan fingerprint density at radius 1 is 1.42 bits per heavy atom. The van der Waals surface area contributed by atoms with Gasteiger partial charge in [0.1, 0.15) is 5.69 Å². The number of amides is 1. The average Bonchev–Trinajstić information content (AvgIpc) is 2.60.